The maximum absolute atomic E-state index is 4.19. The van der Waals surface area contributed by atoms with Crippen molar-refractivity contribution in [1.29, 1.82) is 0 Å². The minimum atomic E-state index is 0.838. The summed E-state index contributed by atoms with van der Waals surface area (Å²) in [6.45, 7) is 4.95. The van der Waals surface area contributed by atoms with Crippen LogP contribution < -0.4 is 0 Å². The summed E-state index contributed by atoms with van der Waals surface area (Å²) in [5.41, 5.74) is 5.70. The molecular formula is C16H15N5. The summed E-state index contributed by atoms with van der Waals surface area (Å²) in [4.78, 5) is 4.08. The van der Waals surface area contributed by atoms with Gasteiger partial charge in [0.25, 0.3) is 0 Å². The van der Waals surface area contributed by atoms with Crippen molar-refractivity contribution < 1.29 is 0 Å². The predicted molar refractivity (Wildman–Crippen MR) is 81.3 cm³/mol. The first-order chi connectivity index (χ1) is 10.2. The quantitative estimate of drug-likeness (QED) is 0.566. The standard InChI is InChI=1S/C16H15N5/c1-11-9-15-14(3-4-16-19-18-12(2)21(15)16)20(11)10-13-5-7-17-8-6-13/h3-9H,10H2,1-2H3. The molecule has 104 valence electrons. The van der Waals surface area contributed by atoms with E-state index in [1.54, 1.807) is 0 Å². The summed E-state index contributed by atoms with van der Waals surface area (Å²) >= 11 is 0. The summed E-state index contributed by atoms with van der Waals surface area (Å²) in [5, 5.41) is 8.35. The average molecular weight is 277 g/mol. The van der Waals surface area contributed by atoms with Crippen LogP contribution in [-0.4, -0.2) is 24.1 Å². The fraction of sp³-hybridized carbons (Fsp3) is 0.188. The van der Waals surface area contributed by atoms with Crippen molar-refractivity contribution in [3.05, 3.63) is 59.8 Å². The van der Waals surface area contributed by atoms with E-state index in [1.807, 2.05) is 37.5 Å². The third-order valence-corrected chi connectivity index (χ3v) is 3.90. The van der Waals surface area contributed by atoms with Crippen LogP contribution in [0.15, 0.2) is 42.7 Å². The second kappa shape index (κ2) is 4.41. The van der Waals surface area contributed by atoms with E-state index < -0.39 is 0 Å². The summed E-state index contributed by atoms with van der Waals surface area (Å²) in [6, 6.07) is 10.4. The zero-order valence-electron chi connectivity index (χ0n) is 12.0. The lowest BCUT2D eigenvalue weighted by Crippen LogP contribution is -2.01. The Morgan fingerprint density at radius 1 is 0.952 bits per heavy atom. The van der Waals surface area contributed by atoms with E-state index in [2.05, 4.69) is 43.2 Å². The zero-order valence-corrected chi connectivity index (χ0v) is 12.0. The summed E-state index contributed by atoms with van der Waals surface area (Å²) in [5.74, 6) is 0.914. The molecule has 0 spiro atoms. The van der Waals surface area contributed by atoms with Crippen LogP contribution in [0, 0.1) is 13.8 Å². The first-order valence-electron chi connectivity index (χ1n) is 6.93. The molecule has 5 nitrogen and oxygen atoms in total. The molecule has 0 unspecified atom stereocenters. The fourth-order valence-corrected chi connectivity index (χ4v) is 2.85. The Labute approximate surface area is 121 Å². The maximum atomic E-state index is 4.19. The second-order valence-corrected chi connectivity index (χ2v) is 5.27. The minimum Gasteiger partial charge on any atom is -0.339 e. The van der Waals surface area contributed by atoms with Crippen molar-refractivity contribution in [3.8, 4) is 0 Å². The van der Waals surface area contributed by atoms with Crippen molar-refractivity contribution >= 4 is 16.7 Å². The number of nitrogens with zero attached hydrogens (tertiary/aromatic N) is 5. The molecule has 0 bridgehead atoms. The van der Waals surface area contributed by atoms with Crippen LogP contribution in [0.25, 0.3) is 16.7 Å². The number of pyridine rings is 2. The summed E-state index contributed by atoms with van der Waals surface area (Å²) in [6.07, 6.45) is 3.66. The third kappa shape index (κ3) is 1.81. The molecule has 0 aromatic carbocycles. The minimum absolute atomic E-state index is 0.838. The maximum Gasteiger partial charge on any atom is 0.161 e. The molecule has 0 amide bonds. The molecule has 4 aromatic heterocycles. The largest absolute Gasteiger partial charge is 0.339 e. The number of aromatic nitrogens is 5. The molecule has 0 N–H and O–H groups in total. The van der Waals surface area contributed by atoms with E-state index in [9.17, 15) is 0 Å². The molecule has 0 aliphatic rings. The first-order valence-corrected chi connectivity index (χ1v) is 6.93. The molecule has 0 atom stereocenters. The van der Waals surface area contributed by atoms with Gasteiger partial charge in [-0.25, -0.2) is 0 Å². The highest BCUT2D eigenvalue weighted by molar-refractivity contribution is 5.81. The van der Waals surface area contributed by atoms with Gasteiger partial charge >= 0.3 is 0 Å². The first kappa shape index (κ1) is 12.1. The molecule has 0 saturated carbocycles. The Bertz CT molecular complexity index is 934. The predicted octanol–water partition coefficient (Wildman–Crippen LogP) is 2.74. The Morgan fingerprint density at radius 3 is 2.57 bits per heavy atom. The van der Waals surface area contributed by atoms with Gasteiger partial charge in [-0.3, -0.25) is 9.38 Å². The van der Waals surface area contributed by atoms with Crippen LogP contribution in [0.5, 0.6) is 0 Å². The van der Waals surface area contributed by atoms with E-state index in [-0.39, 0.29) is 0 Å². The molecule has 0 radical (unpaired) electrons. The van der Waals surface area contributed by atoms with Gasteiger partial charge in [0, 0.05) is 24.6 Å². The molecule has 5 heteroatoms. The van der Waals surface area contributed by atoms with E-state index in [1.165, 1.54) is 16.8 Å². The molecule has 0 fully saturated rings. The van der Waals surface area contributed by atoms with Crippen LogP contribution in [0.4, 0.5) is 0 Å². The van der Waals surface area contributed by atoms with Gasteiger partial charge in [0.05, 0.1) is 11.0 Å². The number of fused-ring (bicyclic) bond motifs is 3. The van der Waals surface area contributed by atoms with Gasteiger partial charge in [0.2, 0.25) is 0 Å². The normalized spacial score (nSPS) is 11.5. The van der Waals surface area contributed by atoms with Gasteiger partial charge < -0.3 is 4.57 Å². The SMILES string of the molecule is Cc1cc2c(ccc3nnc(C)n32)n1Cc1ccncc1. The smallest absolute Gasteiger partial charge is 0.161 e. The molecule has 0 aliphatic carbocycles. The summed E-state index contributed by atoms with van der Waals surface area (Å²) in [7, 11) is 0. The van der Waals surface area contributed by atoms with Crippen molar-refractivity contribution in [1.82, 2.24) is 24.1 Å². The van der Waals surface area contributed by atoms with E-state index in [0.717, 1.165) is 23.5 Å². The average Bonchev–Trinajstić information content (AvgIpc) is 3.02. The van der Waals surface area contributed by atoms with Gasteiger partial charge in [-0.2, -0.15) is 0 Å². The van der Waals surface area contributed by atoms with E-state index >= 15 is 0 Å². The van der Waals surface area contributed by atoms with Crippen molar-refractivity contribution in [3.63, 3.8) is 0 Å². The molecule has 0 aliphatic heterocycles. The molecule has 4 rings (SSSR count). The number of aryl methyl sites for hydroxylation is 2. The molecule has 4 aromatic rings. The van der Waals surface area contributed by atoms with E-state index in [0.29, 0.717) is 0 Å². The Kier molecular flexibility index (Phi) is 2.54. The third-order valence-electron chi connectivity index (χ3n) is 3.90. The Balaban J connectivity index is 1.95. The monoisotopic (exact) mass is 277 g/mol. The molecular weight excluding hydrogens is 262 g/mol. The van der Waals surface area contributed by atoms with Crippen molar-refractivity contribution in [2.75, 3.05) is 0 Å². The van der Waals surface area contributed by atoms with Crippen LogP contribution in [0.2, 0.25) is 0 Å². The second-order valence-electron chi connectivity index (χ2n) is 5.27. The lowest BCUT2D eigenvalue weighted by atomic mass is 10.2. The topological polar surface area (TPSA) is 48.0 Å². The van der Waals surface area contributed by atoms with Crippen molar-refractivity contribution in [2.24, 2.45) is 0 Å². The lowest BCUT2D eigenvalue weighted by Gasteiger charge is -2.08. The van der Waals surface area contributed by atoms with Gasteiger partial charge in [-0.05, 0) is 49.7 Å². The highest BCUT2D eigenvalue weighted by atomic mass is 15.2. The van der Waals surface area contributed by atoms with Crippen molar-refractivity contribution in [2.45, 2.75) is 20.4 Å². The van der Waals surface area contributed by atoms with E-state index in [4.69, 9.17) is 0 Å². The van der Waals surface area contributed by atoms with Crippen LogP contribution in [0.1, 0.15) is 17.1 Å². The Morgan fingerprint density at radius 2 is 1.76 bits per heavy atom. The fourth-order valence-electron chi connectivity index (χ4n) is 2.85. The molecule has 4 heterocycles. The number of rotatable bonds is 2. The lowest BCUT2D eigenvalue weighted by molar-refractivity contribution is 0.803. The van der Waals surface area contributed by atoms with Crippen LogP contribution >= 0.6 is 0 Å². The zero-order chi connectivity index (χ0) is 14.4. The number of hydrogen-bond acceptors (Lipinski definition) is 3. The summed E-state index contributed by atoms with van der Waals surface area (Å²) < 4.78 is 4.41. The van der Waals surface area contributed by atoms with Gasteiger partial charge in [0.15, 0.2) is 5.65 Å². The van der Waals surface area contributed by atoms with Gasteiger partial charge in [-0.15, -0.1) is 10.2 Å². The van der Waals surface area contributed by atoms with Gasteiger partial charge in [-0.1, -0.05) is 0 Å². The number of hydrogen-bond donors (Lipinski definition) is 0. The Hall–Kier alpha value is -2.69. The highest BCUT2D eigenvalue weighted by Crippen LogP contribution is 2.23. The van der Waals surface area contributed by atoms with Crippen LogP contribution in [-0.2, 0) is 6.54 Å². The van der Waals surface area contributed by atoms with Crippen LogP contribution in [0.3, 0.4) is 0 Å². The van der Waals surface area contributed by atoms with Gasteiger partial charge in [0.1, 0.15) is 5.82 Å². The molecule has 21 heavy (non-hydrogen) atoms. The highest BCUT2D eigenvalue weighted by Gasteiger charge is 2.11. The molecule has 0 saturated heterocycles.